The number of carbonyl (C=O) groups excluding carboxylic acids is 1. The van der Waals surface area contributed by atoms with Gasteiger partial charge in [-0.3, -0.25) is 18.7 Å². The maximum Gasteiger partial charge on any atom is 0.332 e. The van der Waals surface area contributed by atoms with Crippen LogP contribution < -0.4 is 21.7 Å². The summed E-state index contributed by atoms with van der Waals surface area (Å²) in [6, 6.07) is 16.5. The van der Waals surface area contributed by atoms with E-state index in [1.807, 2.05) is 42.5 Å². The van der Waals surface area contributed by atoms with Gasteiger partial charge in [0.05, 0.1) is 19.4 Å². The van der Waals surface area contributed by atoms with E-state index in [0.717, 1.165) is 15.0 Å². The summed E-state index contributed by atoms with van der Waals surface area (Å²) in [5.41, 5.74) is 5.55. The van der Waals surface area contributed by atoms with Gasteiger partial charge in [0.25, 0.3) is 5.56 Å². The quantitative estimate of drug-likeness (QED) is 0.473. The third-order valence-corrected chi connectivity index (χ3v) is 5.49. The number of benzene rings is 2. The lowest BCUT2D eigenvalue weighted by atomic mass is 10.2. The van der Waals surface area contributed by atoms with Gasteiger partial charge in [-0.05, 0) is 29.8 Å². The predicted octanol–water partition coefficient (Wildman–Crippen LogP) is 2.16. The standard InChI is InChI=1S/C21H21N3O4S/c1-23-20(26)18(17(25)13-29-16-10-8-15(28-2)9-11-16)19(22)24(21(23)27)12-14-6-4-3-5-7-14/h3-11H,12-13,22H2,1-2H3. The van der Waals surface area contributed by atoms with Crippen molar-refractivity contribution in [1.29, 1.82) is 0 Å². The van der Waals surface area contributed by atoms with Crippen LogP contribution in [0.15, 0.2) is 69.1 Å². The molecule has 1 aromatic heterocycles. The van der Waals surface area contributed by atoms with Gasteiger partial charge < -0.3 is 10.5 Å². The van der Waals surface area contributed by atoms with E-state index in [1.54, 1.807) is 19.2 Å². The number of nitrogen functional groups attached to an aromatic ring is 1. The van der Waals surface area contributed by atoms with Crippen molar-refractivity contribution in [2.75, 3.05) is 18.6 Å². The van der Waals surface area contributed by atoms with Crippen molar-refractivity contribution >= 4 is 23.4 Å². The molecule has 0 atom stereocenters. The molecular formula is C21H21N3O4S. The van der Waals surface area contributed by atoms with Gasteiger partial charge in [-0.15, -0.1) is 11.8 Å². The minimum absolute atomic E-state index is 0.0231. The molecule has 0 fully saturated rings. The number of nitrogens with two attached hydrogens (primary N) is 1. The van der Waals surface area contributed by atoms with Crippen LogP contribution in [0.5, 0.6) is 5.75 Å². The fraction of sp³-hybridized carbons (Fsp3) is 0.190. The second-order valence-corrected chi connectivity index (χ2v) is 7.41. The normalized spacial score (nSPS) is 10.7. The Morgan fingerprint density at radius 3 is 2.34 bits per heavy atom. The van der Waals surface area contributed by atoms with Crippen LogP contribution in [-0.2, 0) is 13.6 Å². The van der Waals surface area contributed by atoms with Crippen molar-refractivity contribution in [2.45, 2.75) is 11.4 Å². The number of rotatable bonds is 7. The van der Waals surface area contributed by atoms with Gasteiger partial charge in [0.2, 0.25) is 0 Å². The lowest BCUT2D eigenvalue weighted by Gasteiger charge is -2.14. The highest BCUT2D eigenvalue weighted by molar-refractivity contribution is 8.00. The van der Waals surface area contributed by atoms with Gasteiger partial charge in [0.1, 0.15) is 17.1 Å². The maximum absolute atomic E-state index is 12.8. The number of thioether (sulfide) groups is 1. The number of Topliss-reactive ketones (excluding diaryl/α,β-unsaturated/α-hetero) is 1. The summed E-state index contributed by atoms with van der Waals surface area (Å²) >= 11 is 1.28. The molecule has 7 nitrogen and oxygen atoms in total. The Bertz CT molecular complexity index is 1140. The largest absolute Gasteiger partial charge is 0.497 e. The van der Waals surface area contributed by atoms with Crippen LogP contribution in [0, 0.1) is 0 Å². The van der Waals surface area contributed by atoms with E-state index in [1.165, 1.54) is 23.4 Å². The summed E-state index contributed by atoms with van der Waals surface area (Å²) in [6.07, 6.45) is 0. The van der Waals surface area contributed by atoms with Crippen molar-refractivity contribution in [2.24, 2.45) is 7.05 Å². The zero-order chi connectivity index (χ0) is 21.0. The van der Waals surface area contributed by atoms with E-state index >= 15 is 0 Å². The summed E-state index contributed by atoms with van der Waals surface area (Å²) < 4.78 is 7.29. The molecule has 0 spiro atoms. The molecule has 0 aliphatic heterocycles. The summed E-state index contributed by atoms with van der Waals surface area (Å²) in [7, 11) is 2.92. The first kappa shape index (κ1) is 20.5. The first-order chi connectivity index (χ1) is 13.9. The molecule has 0 radical (unpaired) electrons. The predicted molar refractivity (Wildman–Crippen MR) is 114 cm³/mol. The zero-order valence-corrected chi connectivity index (χ0v) is 16.9. The van der Waals surface area contributed by atoms with Gasteiger partial charge in [0, 0.05) is 11.9 Å². The summed E-state index contributed by atoms with van der Waals surface area (Å²) in [5, 5.41) is 0. The topological polar surface area (TPSA) is 96.3 Å². The Hall–Kier alpha value is -3.26. The number of nitrogens with zero attached hydrogens (tertiary/aromatic N) is 2. The van der Waals surface area contributed by atoms with Crippen molar-refractivity contribution in [1.82, 2.24) is 9.13 Å². The number of hydrogen-bond acceptors (Lipinski definition) is 6. The zero-order valence-electron chi connectivity index (χ0n) is 16.1. The molecular weight excluding hydrogens is 390 g/mol. The minimum atomic E-state index is -0.683. The van der Waals surface area contributed by atoms with E-state index in [2.05, 4.69) is 0 Å². The molecule has 0 bridgehead atoms. The SMILES string of the molecule is COc1ccc(SCC(=O)c2c(N)n(Cc3ccccc3)c(=O)n(C)c2=O)cc1. The molecule has 8 heteroatoms. The Morgan fingerprint density at radius 2 is 1.72 bits per heavy atom. The molecule has 1 heterocycles. The van der Waals surface area contributed by atoms with Crippen LogP contribution in [0.4, 0.5) is 5.82 Å². The Labute approximate surface area is 171 Å². The molecule has 2 N–H and O–H groups in total. The van der Waals surface area contributed by atoms with E-state index in [0.29, 0.717) is 5.75 Å². The summed E-state index contributed by atoms with van der Waals surface area (Å²) in [6.45, 7) is 0.172. The molecule has 0 saturated heterocycles. The second kappa shape index (κ2) is 8.83. The monoisotopic (exact) mass is 411 g/mol. The number of carbonyl (C=O) groups is 1. The number of ether oxygens (including phenoxy) is 1. The molecule has 0 aliphatic rings. The molecule has 0 amide bonds. The summed E-state index contributed by atoms with van der Waals surface area (Å²) in [4.78, 5) is 38.8. The molecule has 2 aromatic carbocycles. The van der Waals surface area contributed by atoms with E-state index in [9.17, 15) is 14.4 Å². The third-order valence-electron chi connectivity index (χ3n) is 4.47. The van der Waals surface area contributed by atoms with Gasteiger partial charge in [-0.2, -0.15) is 0 Å². The average molecular weight is 411 g/mol. The third kappa shape index (κ3) is 4.43. The first-order valence-electron chi connectivity index (χ1n) is 8.85. The molecule has 0 unspecified atom stereocenters. The number of methoxy groups -OCH3 is 1. The highest BCUT2D eigenvalue weighted by Gasteiger charge is 2.21. The Morgan fingerprint density at radius 1 is 1.07 bits per heavy atom. The molecule has 0 aliphatic carbocycles. The lowest BCUT2D eigenvalue weighted by molar-refractivity contribution is 0.102. The van der Waals surface area contributed by atoms with Crippen molar-refractivity contribution in [3.05, 3.63) is 86.6 Å². The van der Waals surface area contributed by atoms with Crippen LogP contribution >= 0.6 is 11.8 Å². The van der Waals surface area contributed by atoms with Crippen molar-refractivity contribution in [3.63, 3.8) is 0 Å². The van der Waals surface area contributed by atoms with Gasteiger partial charge >= 0.3 is 5.69 Å². The second-order valence-electron chi connectivity index (χ2n) is 6.37. The van der Waals surface area contributed by atoms with Gasteiger partial charge in [-0.1, -0.05) is 30.3 Å². The van der Waals surface area contributed by atoms with Crippen molar-refractivity contribution in [3.8, 4) is 5.75 Å². The smallest absolute Gasteiger partial charge is 0.332 e. The van der Waals surface area contributed by atoms with Crippen LogP contribution in [0.3, 0.4) is 0 Å². The lowest BCUT2D eigenvalue weighted by Crippen LogP contribution is -2.43. The van der Waals surface area contributed by atoms with Gasteiger partial charge in [0.15, 0.2) is 5.78 Å². The molecule has 29 heavy (non-hydrogen) atoms. The number of anilines is 1. The van der Waals surface area contributed by atoms with E-state index < -0.39 is 17.0 Å². The van der Waals surface area contributed by atoms with Crippen LogP contribution in [0.1, 0.15) is 15.9 Å². The highest BCUT2D eigenvalue weighted by atomic mass is 32.2. The minimum Gasteiger partial charge on any atom is -0.497 e. The Kier molecular flexibility index (Phi) is 6.23. The fourth-order valence-corrected chi connectivity index (χ4v) is 3.63. The molecule has 150 valence electrons. The number of ketones is 1. The van der Waals surface area contributed by atoms with E-state index in [4.69, 9.17) is 10.5 Å². The van der Waals surface area contributed by atoms with Crippen LogP contribution in [-0.4, -0.2) is 27.8 Å². The van der Waals surface area contributed by atoms with Crippen molar-refractivity contribution < 1.29 is 9.53 Å². The average Bonchev–Trinajstić information content (AvgIpc) is 2.75. The summed E-state index contributed by atoms with van der Waals surface area (Å²) in [5.74, 6) is 0.203. The molecule has 3 aromatic rings. The van der Waals surface area contributed by atoms with E-state index in [-0.39, 0.29) is 23.7 Å². The number of aromatic nitrogens is 2. The fourth-order valence-electron chi connectivity index (χ4n) is 2.86. The Balaban J connectivity index is 1.90. The van der Waals surface area contributed by atoms with Crippen LogP contribution in [0.25, 0.3) is 0 Å². The molecule has 3 rings (SSSR count). The first-order valence-corrected chi connectivity index (χ1v) is 9.84. The highest BCUT2D eigenvalue weighted by Crippen LogP contribution is 2.22. The van der Waals surface area contributed by atoms with Gasteiger partial charge in [-0.25, -0.2) is 4.79 Å². The van der Waals surface area contributed by atoms with Crippen LogP contribution in [0.2, 0.25) is 0 Å². The molecule has 0 saturated carbocycles. The maximum atomic E-state index is 12.8. The number of hydrogen-bond donors (Lipinski definition) is 1.